The van der Waals surface area contributed by atoms with E-state index in [0.717, 1.165) is 6.08 Å². The fourth-order valence-corrected chi connectivity index (χ4v) is 1.36. The molecule has 0 aliphatic heterocycles. The smallest absolute Gasteiger partial charge is 0.328 e. The van der Waals surface area contributed by atoms with Crippen molar-refractivity contribution >= 4 is 23.8 Å². The van der Waals surface area contributed by atoms with E-state index in [1.807, 2.05) is 0 Å². The number of nitrogens with one attached hydrogen (secondary N) is 1. The summed E-state index contributed by atoms with van der Waals surface area (Å²) < 4.78 is 4.95. The van der Waals surface area contributed by atoms with Gasteiger partial charge in [-0.2, -0.15) is 0 Å². The molecule has 1 amide bonds. The van der Waals surface area contributed by atoms with Crippen LogP contribution in [0.15, 0.2) is 47.1 Å². The van der Waals surface area contributed by atoms with E-state index >= 15 is 0 Å². The number of carboxylic acid groups (broad SMARTS) is 1. The molecule has 6 nitrogen and oxygen atoms in total. The SMILES string of the molecule is O=C(O)C=Cc1cccc(NC(=O)c2ccco2)n1. The van der Waals surface area contributed by atoms with Gasteiger partial charge < -0.3 is 14.8 Å². The van der Waals surface area contributed by atoms with Crippen molar-refractivity contribution < 1.29 is 19.1 Å². The van der Waals surface area contributed by atoms with E-state index in [-0.39, 0.29) is 5.76 Å². The topological polar surface area (TPSA) is 92.4 Å². The maximum Gasteiger partial charge on any atom is 0.328 e. The lowest BCUT2D eigenvalue weighted by Gasteiger charge is -2.02. The first-order valence-electron chi connectivity index (χ1n) is 5.38. The van der Waals surface area contributed by atoms with Crippen LogP contribution in [0.4, 0.5) is 5.82 Å². The number of carboxylic acids is 1. The van der Waals surface area contributed by atoms with Crippen molar-refractivity contribution in [2.24, 2.45) is 0 Å². The second kappa shape index (κ2) is 5.63. The van der Waals surface area contributed by atoms with E-state index < -0.39 is 11.9 Å². The molecule has 0 aliphatic rings. The van der Waals surface area contributed by atoms with Gasteiger partial charge in [-0.1, -0.05) is 6.07 Å². The van der Waals surface area contributed by atoms with Gasteiger partial charge in [-0.15, -0.1) is 0 Å². The minimum Gasteiger partial charge on any atom is -0.478 e. The first kappa shape index (κ1) is 12.6. The summed E-state index contributed by atoms with van der Waals surface area (Å²) >= 11 is 0. The van der Waals surface area contributed by atoms with Gasteiger partial charge >= 0.3 is 5.97 Å². The zero-order valence-corrected chi connectivity index (χ0v) is 9.74. The minimum atomic E-state index is -1.06. The first-order chi connectivity index (χ1) is 9.15. The summed E-state index contributed by atoms with van der Waals surface area (Å²) in [7, 11) is 0. The molecule has 0 radical (unpaired) electrons. The van der Waals surface area contributed by atoms with Crippen LogP contribution >= 0.6 is 0 Å². The molecular weight excluding hydrogens is 248 g/mol. The quantitative estimate of drug-likeness (QED) is 0.818. The standard InChI is InChI=1S/C13H10N2O4/c16-12(17)7-6-9-3-1-5-11(14-9)15-13(18)10-4-2-8-19-10/h1-8H,(H,16,17)(H,14,15,18). The molecule has 96 valence electrons. The maximum atomic E-state index is 11.7. The van der Waals surface area contributed by atoms with Crippen LogP contribution in [0.5, 0.6) is 0 Å². The van der Waals surface area contributed by atoms with Crippen molar-refractivity contribution in [1.82, 2.24) is 4.98 Å². The van der Waals surface area contributed by atoms with Gasteiger partial charge in [0, 0.05) is 6.08 Å². The Bertz CT molecular complexity index is 617. The van der Waals surface area contributed by atoms with E-state index in [0.29, 0.717) is 11.5 Å². The molecular formula is C13H10N2O4. The minimum absolute atomic E-state index is 0.174. The molecule has 2 aromatic rings. The van der Waals surface area contributed by atoms with Crippen LogP contribution in [0.1, 0.15) is 16.2 Å². The van der Waals surface area contributed by atoms with Crippen LogP contribution in [-0.4, -0.2) is 22.0 Å². The highest BCUT2D eigenvalue weighted by atomic mass is 16.4. The van der Waals surface area contributed by atoms with E-state index in [1.54, 1.807) is 24.3 Å². The summed E-state index contributed by atoms with van der Waals surface area (Å²) in [6, 6.07) is 8.02. The Morgan fingerprint density at radius 2 is 2.11 bits per heavy atom. The number of pyridine rings is 1. The lowest BCUT2D eigenvalue weighted by Crippen LogP contribution is -2.12. The van der Waals surface area contributed by atoms with E-state index in [4.69, 9.17) is 9.52 Å². The number of carbonyl (C=O) groups is 2. The number of amides is 1. The van der Waals surface area contributed by atoms with Crippen LogP contribution in [0, 0.1) is 0 Å². The molecule has 6 heteroatoms. The zero-order chi connectivity index (χ0) is 13.7. The van der Waals surface area contributed by atoms with Crippen molar-refractivity contribution in [3.8, 4) is 0 Å². The van der Waals surface area contributed by atoms with Crippen molar-refractivity contribution in [2.75, 3.05) is 5.32 Å². The van der Waals surface area contributed by atoms with E-state index in [2.05, 4.69) is 10.3 Å². The second-order valence-corrected chi connectivity index (χ2v) is 3.55. The molecule has 2 rings (SSSR count). The lowest BCUT2D eigenvalue weighted by atomic mass is 10.3. The van der Waals surface area contributed by atoms with Gasteiger partial charge in [-0.3, -0.25) is 4.79 Å². The highest BCUT2D eigenvalue weighted by molar-refractivity contribution is 6.01. The Morgan fingerprint density at radius 3 is 2.79 bits per heavy atom. The summed E-state index contributed by atoms with van der Waals surface area (Å²) in [4.78, 5) is 26.2. The Morgan fingerprint density at radius 1 is 1.26 bits per heavy atom. The highest BCUT2D eigenvalue weighted by Crippen LogP contribution is 2.09. The van der Waals surface area contributed by atoms with Gasteiger partial charge in [-0.05, 0) is 30.3 Å². The maximum absolute atomic E-state index is 11.7. The largest absolute Gasteiger partial charge is 0.478 e. The number of carbonyl (C=O) groups excluding carboxylic acids is 1. The molecule has 2 heterocycles. The van der Waals surface area contributed by atoms with Crippen LogP contribution in [0.25, 0.3) is 6.08 Å². The number of nitrogens with zero attached hydrogens (tertiary/aromatic N) is 1. The summed E-state index contributed by atoms with van der Waals surface area (Å²) in [5.41, 5.74) is 0.430. The Labute approximate surface area is 108 Å². The fraction of sp³-hybridized carbons (Fsp3) is 0. The van der Waals surface area contributed by atoms with Gasteiger partial charge in [0.2, 0.25) is 0 Å². The van der Waals surface area contributed by atoms with Crippen molar-refractivity contribution in [3.05, 3.63) is 54.1 Å². The van der Waals surface area contributed by atoms with Gasteiger partial charge in [0.15, 0.2) is 5.76 Å². The second-order valence-electron chi connectivity index (χ2n) is 3.55. The molecule has 0 saturated heterocycles. The Balaban J connectivity index is 2.11. The Hall–Kier alpha value is -2.89. The number of hydrogen-bond donors (Lipinski definition) is 2. The first-order valence-corrected chi connectivity index (χ1v) is 5.38. The number of aromatic nitrogens is 1. The van der Waals surface area contributed by atoms with Gasteiger partial charge in [-0.25, -0.2) is 9.78 Å². The monoisotopic (exact) mass is 258 g/mol. The van der Waals surface area contributed by atoms with E-state index in [1.165, 1.54) is 18.4 Å². The third kappa shape index (κ3) is 3.53. The average Bonchev–Trinajstić information content (AvgIpc) is 2.91. The van der Waals surface area contributed by atoms with Crippen LogP contribution in [0.2, 0.25) is 0 Å². The van der Waals surface area contributed by atoms with Gasteiger partial charge in [0.1, 0.15) is 5.82 Å². The number of rotatable bonds is 4. The molecule has 0 fully saturated rings. The number of anilines is 1. The van der Waals surface area contributed by atoms with Crippen molar-refractivity contribution in [3.63, 3.8) is 0 Å². The Kier molecular flexibility index (Phi) is 3.72. The molecule has 0 unspecified atom stereocenters. The summed E-state index contributed by atoms with van der Waals surface area (Å²) in [5, 5.41) is 11.1. The van der Waals surface area contributed by atoms with Gasteiger partial charge in [0.25, 0.3) is 5.91 Å². The zero-order valence-electron chi connectivity index (χ0n) is 9.74. The molecule has 0 atom stereocenters. The van der Waals surface area contributed by atoms with Crippen LogP contribution in [-0.2, 0) is 4.79 Å². The molecule has 0 aromatic carbocycles. The normalized spacial score (nSPS) is 10.5. The molecule has 0 saturated carbocycles. The molecule has 19 heavy (non-hydrogen) atoms. The predicted molar refractivity (Wildman–Crippen MR) is 67.6 cm³/mol. The summed E-state index contributed by atoms with van der Waals surface area (Å²) in [5.74, 6) is -0.995. The third-order valence-corrected chi connectivity index (χ3v) is 2.15. The molecule has 0 bridgehead atoms. The van der Waals surface area contributed by atoms with Crippen molar-refractivity contribution in [2.45, 2.75) is 0 Å². The predicted octanol–water partition coefficient (Wildman–Crippen LogP) is 2.02. The highest BCUT2D eigenvalue weighted by Gasteiger charge is 2.09. The molecule has 0 spiro atoms. The number of hydrogen-bond acceptors (Lipinski definition) is 4. The summed E-state index contributed by atoms with van der Waals surface area (Å²) in [6.45, 7) is 0. The fourth-order valence-electron chi connectivity index (χ4n) is 1.36. The van der Waals surface area contributed by atoms with E-state index in [9.17, 15) is 9.59 Å². The number of furan rings is 1. The molecule has 2 N–H and O–H groups in total. The average molecular weight is 258 g/mol. The van der Waals surface area contributed by atoms with Crippen LogP contribution < -0.4 is 5.32 Å². The van der Waals surface area contributed by atoms with Crippen molar-refractivity contribution in [1.29, 1.82) is 0 Å². The molecule has 2 aromatic heterocycles. The van der Waals surface area contributed by atoms with Crippen LogP contribution in [0.3, 0.4) is 0 Å². The number of aliphatic carboxylic acids is 1. The lowest BCUT2D eigenvalue weighted by molar-refractivity contribution is -0.131. The van der Waals surface area contributed by atoms with Gasteiger partial charge in [0.05, 0.1) is 12.0 Å². The third-order valence-electron chi connectivity index (χ3n) is 2.15. The molecule has 0 aliphatic carbocycles. The summed E-state index contributed by atoms with van der Waals surface area (Å²) in [6.07, 6.45) is 3.71.